The van der Waals surface area contributed by atoms with Gasteiger partial charge in [0.1, 0.15) is 0 Å². The molecule has 26 heavy (non-hydrogen) atoms. The van der Waals surface area contributed by atoms with Crippen LogP contribution in [-0.4, -0.2) is 19.2 Å². The number of aromatic nitrogens is 1. The Morgan fingerprint density at radius 1 is 0.769 bits per heavy atom. The molecule has 0 aliphatic carbocycles. The van der Waals surface area contributed by atoms with E-state index >= 15 is 0 Å². The summed E-state index contributed by atoms with van der Waals surface area (Å²) in [6.07, 6.45) is 2.05. The molecule has 5 heteroatoms. The third kappa shape index (κ3) is 3.68. The Kier molecular flexibility index (Phi) is 4.31. The van der Waals surface area contributed by atoms with Crippen LogP contribution in [0.1, 0.15) is 5.69 Å². The highest BCUT2D eigenvalue weighted by molar-refractivity contribution is 7.92. The van der Waals surface area contributed by atoms with Gasteiger partial charge in [0, 0.05) is 24.0 Å². The van der Waals surface area contributed by atoms with E-state index in [1.807, 2.05) is 42.5 Å². The van der Waals surface area contributed by atoms with Crippen molar-refractivity contribution in [2.45, 2.75) is 6.42 Å². The van der Waals surface area contributed by atoms with Crippen molar-refractivity contribution in [1.82, 2.24) is 4.98 Å². The van der Waals surface area contributed by atoms with Crippen molar-refractivity contribution < 1.29 is 8.42 Å². The van der Waals surface area contributed by atoms with Crippen LogP contribution in [-0.2, 0) is 16.4 Å². The predicted molar refractivity (Wildman–Crippen MR) is 107 cm³/mol. The highest BCUT2D eigenvalue weighted by atomic mass is 32.2. The van der Waals surface area contributed by atoms with Crippen LogP contribution in [0.4, 0.5) is 5.69 Å². The fourth-order valence-corrected chi connectivity index (χ4v) is 4.09. The summed E-state index contributed by atoms with van der Waals surface area (Å²) >= 11 is 0. The SMILES string of the molecule is O=S(=O)(CCc1ccccn1)Nc1ccc2cc3ccccc3cc2c1. The average molecular weight is 362 g/mol. The third-order valence-electron chi connectivity index (χ3n) is 4.33. The van der Waals surface area contributed by atoms with Crippen molar-refractivity contribution in [3.05, 3.63) is 84.7 Å². The summed E-state index contributed by atoms with van der Waals surface area (Å²) in [5.74, 6) is -0.000227. The van der Waals surface area contributed by atoms with Gasteiger partial charge in [0.15, 0.2) is 0 Å². The number of sulfonamides is 1. The van der Waals surface area contributed by atoms with Gasteiger partial charge in [-0.2, -0.15) is 0 Å². The van der Waals surface area contributed by atoms with Crippen molar-refractivity contribution in [2.75, 3.05) is 10.5 Å². The summed E-state index contributed by atoms with van der Waals surface area (Å²) in [5.41, 5.74) is 1.34. The second kappa shape index (κ2) is 6.77. The molecule has 0 spiro atoms. The van der Waals surface area contributed by atoms with E-state index in [9.17, 15) is 8.42 Å². The summed E-state index contributed by atoms with van der Waals surface area (Å²) in [4.78, 5) is 4.17. The Morgan fingerprint density at radius 2 is 1.46 bits per heavy atom. The van der Waals surface area contributed by atoms with E-state index in [0.717, 1.165) is 21.9 Å². The third-order valence-corrected chi connectivity index (χ3v) is 5.62. The molecule has 0 bridgehead atoms. The molecule has 4 nitrogen and oxygen atoms in total. The average Bonchev–Trinajstić information content (AvgIpc) is 2.65. The molecule has 0 unspecified atom stereocenters. The van der Waals surface area contributed by atoms with Gasteiger partial charge in [-0.3, -0.25) is 9.71 Å². The molecule has 0 atom stereocenters. The monoisotopic (exact) mass is 362 g/mol. The lowest BCUT2D eigenvalue weighted by Gasteiger charge is -2.09. The zero-order valence-electron chi connectivity index (χ0n) is 14.1. The van der Waals surface area contributed by atoms with Crippen LogP contribution in [0.25, 0.3) is 21.5 Å². The molecule has 1 N–H and O–H groups in total. The number of rotatable bonds is 5. The number of nitrogens with one attached hydrogen (secondary N) is 1. The number of aryl methyl sites for hydroxylation is 1. The van der Waals surface area contributed by atoms with Crippen LogP contribution in [0.3, 0.4) is 0 Å². The van der Waals surface area contributed by atoms with Gasteiger partial charge < -0.3 is 0 Å². The maximum atomic E-state index is 12.4. The fourth-order valence-electron chi connectivity index (χ4n) is 3.02. The lowest BCUT2D eigenvalue weighted by atomic mass is 10.0. The zero-order chi connectivity index (χ0) is 18.0. The minimum Gasteiger partial charge on any atom is -0.284 e. The molecule has 0 aliphatic heterocycles. The Labute approximate surface area is 152 Å². The normalized spacial score (nSPS) is 11.7. The molecule has 0 saturated carbocycles. The van der Waals surface area contributed by atoms with Crippen LogP contribution in [0.15, 0.2) is 79.0 Å². The molecule has 0 aliphatic rings. The Bertz CT molecular complexity index is 1170. The van der Waals surface area contributed by atoms with E-state index in [0.29, 0.717) is 12.1 Å². The first kappa shape index (κ1) is 16.5. The number of pyridine rings is 1. The molecule has 4 rings (SSSR count). The Hall–Kier alpha value is -2.92. The van der Waals surface area contributed by atoms with Crippen molar-refractivity contribution in [3.63, 3.8) is 0 Å². The minimum atomic E-state index is -3.43. The standard InChI is InChI=1S/C21H18N2O2S/c24-26(25,12-10-20-7-3-4-11-22-20)23-21-9-8-18-13-16-5-1-2-6-17(16)14-19(18)15-21/h1-9,11,13-15,23H,10,12H2. The first-order valence-electron chi connectivity index (χ1n) is 8.42. The number of anilines is 1. The van der Waals surface area contributed by atoms with Crippen LogP contribution in [0.2, 0.25) is 0 Å². The summed E-state index contributed by atoms with van der Waals surface area (Å²) in [6.45, 7) is 0. The van der Waals surface area contributed by atoms with E-state index in [4.69, 9.17) is 0 Å². The van der Waals surface area contributed by atoms with Crippen molar-refractivity contribution in [3.8, 4) is 0 Å². The molecule has 4 aromatic rings. The zero-order valence-corrected chi connectivity index (χ0v) is 14.9. The molecule has 1 heterocycles. The van der Waals surface area contributed by atoms with Gasteiger partial charge in [0.05, 0.1) is 5.75 Å². The predicted octanol–water partition coefficient (Wildman–Crippen LogP) is 4.37. The number of hydrogen-bond acceptors (Lipinski definition) is 3. The highest BCUT2D eigenvalue weighted by Gasteiger charge is 2.11. The first-order chi connectivity index (χ1) is 12.6. The lowest BCUT2D eigenvalue weighted by Crippen LogP contribution is -2.18. The van der Waals surface area contributed by atoms with Gasteiger partial charge in [-0.15, -0.1) is 0 Å². The largest absolute Gasteiger partial charge is 0.284 e. The second-order valence-electron chi connectivity index (χ2n) is 6.25. The maximum absolute atomic E-state index is 12.4. The van der Waals surface area contributed by atoms with Crippen molar-refractivity contribution in [1.29, 1.82) is 0 Å². The van der Waals surface area contributed by atoms with E-state index in [1.165, 1.54) is 5.39 Å². The van der Waals surface area contributed by atoms with E-state index in [1.54, 1.807) is 12.3 Å². The van der Waals surface area contributed by atoms with E-state index in [2.05, 4.69) is 34.0 Å². The highest BCUT2D eigenvalue weighted by Crippen LogP contribution is 2.25. The second-order valence-corrected chi connectivity index (χ2v) is 8.10. The van der Waals surface area contributed by atoms with E-state index in [-0.39, 0.29) is 5.75 Å². The molecule has 1 aromatic heterocycles. The topological polar surface area (TPSA) is 59.1 Å². The molecule has 3 aromatic carbocycles. The quantitative estimate of drug-likeness (QED) is 0.536. The smallest absolute Gasteiger partial charge is 0.233 e. The van der Waals surface area contributed by atoms with Gasteiger partial charge in [0.25, 0.3) is 0 Å². The van der Waals surface area contributed by atoms with Crippen LogP contribution in [0, 0.1) is 0 Å². The van der Waals surface area contributed by atoms with Gasteiger partial charge in [0.2, 0.25) is 10.0 Å². The molecule has 0 saturated heterocycles. The molecular formula is C21H18N2O2S. The Balaban J connectivity index is 1.57. The molecule has 0 fully saturated rings. The lowest BCUT2D eigenvalue weighted by molar-refractivity contribution is 0.600. The summed E-state index contributed by atoms with van der Waals surface area (Å²) < 4.78 is 27.4. The van der Waals surface area contributed by atoms with Crippen LogP contribution < -0.4 is 4.72 Å². The van der Waals surface area contributed by atoms with Gasteiger partial charge >= 0.3 is 0 Å². The number of fused-ring (bicyclic) bond motifs is 2. The summed E-state index contributed by atoms with van der Waals surface area (Å²) in [5, 5.41) is 4.40. The maximum Gasteiger partial charge on any atom is 0.233 e. The fraction of sp³-hybridized carbons (Fsp3) is 0.0952. The van der Waals surface area contributed by atoms with Crippen LogP contribution in [0.5, 0.6) is 0 Å². The molecule has 0 radical (unpaired) electrons. The molecule has 0 amide bonds. The van der Waals surface area contributed by atoms with Gasteiger partial charge in [-0.05, 0) is 57.9 Å². The number of hydrogen-bond donors (Lipinski definition) is 1. The molecular weight excluding hydrogens is 344 g/mol. The minimum absolute atomic E-state index is 0.000227. The first-order valence-corrected chi connectivity index (χ1v) is 10.1. The van der Waals surface area contributed by atoms with E-state index < -0.39 is 10.0 Å². The number of benzene rings is 3. The van der Waals surface area contributed by atoms with Gasteiger partial charge in [-0.1, -0.05) is 36.4 Å². The van der Waals surface area contributed by atoms with Crippen molar-refractivity contribution >= 4 is 37.3 Å². The van der Waals surface area contributed by atoms with Crippen LogP contribution >= 0.6 is 0 Å². The molecule has 130 valence electrons. The Morgan fingerprint density at radius 3 is 2.19 bits per heavy atom. The van der Waals surface area contributed by atoms with Crippen molar-refractivity contribution in [2.24, 2.45) is 0 Å². The summed E-state index contributed by atoms with van der Waals surface area (Å²) in [7, 11) is -3.43. The van der Waals surface area contributed by atoms with Gasteiger partial charge in [-0.25, -0.2) is 8.42 Å². The number of nitrogens with zero attached hydrogens (tertiary/aromatic N) is 1. The summed E-state index contributed by atoms with van der Waals surface area (Å²) in [6, 6.07) is 23.5.